The van der Waals surface area contributed by atoms with Crippen molar-refractivity contribution in [2.75, 3.05) is 6.54 Å². The zero-order valence-corrected chi connectivity index (χ0v) is 14.4. The molecule has 1 nitrogen and oxygen atoms in total. The molecule has 0 aliphatic rings. The van der Waals surface area contributed by atoms with E-state index in [1.807, 2.05) is 12.1 Å². The van der Waals surface area contributed by atoms with Crippen LogP contribution in [0, 0.1) is 5.92 Å². The first-order valence-electron chi connectivity index (χ1n) is 7.86. The third-order valence-electron chi connectivity index (χ3n) is 3.99. The predicted octanol–water partition coefficient (Wildman–Crippen LogP) is 5.64. The number of hydrogen-bond acceptors (Lipinski definition) is 1. The molecule has 0 spiro atoms. The van der Waals surface area contributed by atoms with Crippen LogP contribution in [-0.2, 0) is 0 Å². The molecule has 1 N–H and O–H groups in total. The topological polar surface area (TPSA) is 12.0 Å². The van der Waals surface area contributed by atoms with E-state index in [-0.39, 0.29) is 5.54 Å². The summed E-state index contributed by atoms with van der Waals surface area (Å²) in [7, 11) is 0. The average molecular weight is 296 g/mol. The van der Waals surface area contributed by atoms with E-state index in [0.29, 0.717) is 5.92 Å². The minimum atomic E-state index is 0.165. The number of nitrogens with one attached hydrogen (secondary N) is 1. The molecule has 1 atom stereocenters. The van der Waals surface area contributed by atoms with Crippen LogP contribution in [0.5, 0.6) is 0 Å². The Hall–Kier alpha value is -0.530. The van der Waals surface area contributed by atoms with Gasteiger partial charge >= 0.3 is 0 Å². The third kappa shape index (κ3) is 6.28. The molecule has 2 heteroatoms. The summed E-state index contributed by atoms with van der Waals surface area (Å²) in [5, 5.41) is 4.47. The quantitative estimate of drug-likeness (QED) is 0.686. The van der Waals surface area contributed by atoms with Crippen molar-refractivity contribution in [2.24, 2.45) is 5.92 Å². The summed E-state index contributed by atoms with van der Waals surface area (Å²) in [5.41, 5.74) is 1.57. The first kappa shape index (κ1) is 17.5. The van der Waals surface area contributed by atoms with Gasteiger partial charge < -0.3 is 5.32 Å². The molecular weight excluding hydrogens is 266 g/mol. The Bertz CT molecular complexity index is 373. The molecule has 0 bridgehead atoms. The van der Waals surface area contributed by atoms with Crippen LogP contribution in [0.1, 0.15) is 65.4 Å². The Balaban J connectivity index is 2.80. The maximum atomic E-state index is 6.01. The largest absolute Gasteiger partial charge is 0.311 e. The summed E-state index contributed by atoms with van der Waals surface area (Å²) < 4.78 is 0. The zero-order chi connectivity index (χ0) is 15.2. The van der Waals surface area contributed by atoms with E-state index in [9.17, 15) is 0 Å². The van der Waals surface area contributed by atoms with Crippen LogP contribution in [0.2, 0.25) is 5.02 Å². The molecule has 0 aliphatic heterocycles. The average Bonchev–Trinajstić information content (AvgIpc) is 2.39. The fourth-order valence-corrected chi connectivity index (χ4v) is 2.65. The van der Waals surface area contributed by atoms with Crippen LogP contribution in [0.15, 0.2) is 24.3 Å². The Morgan fingerprint density at radius 1 is 1.05 bits per heavy atom. The van der Waals surface area contributed by atoms with Crippen molar-refractivity contribution in [3.63, 3.8) is 0 Å². The van der Waals surface area contributed by atoms with Gasteiger partial charge in [-0.1, -0.05) is 50.4 Å². The van der Waals surface area contributed by atoms with E-state index in [4.69, 9.17) is 11.6 Å². The van der Waals surface area contributed by atoms with E-state index in [2.05, 4.69) is 52.1 Å². The molecule has 1 rings (SSSR count). The summed E-state index contributed by atoms with van der Waals surface area (Å²) in [6.07, 6.45) is 3.77. The van der Waals surface area contributed by atoms with E-state index < -0.39 is 0 Å². The second kappa shape index (κ2) is 8.05. The van der Waals surface area contributed by atoms with Crippen LogP contribution in [-0.4, -0.2) is 12.1 Å². The van der Waals surface area contributed by atoms with Crippen LogP contribution in [0.25, 0.3) is 0 Å². The molecule has 0 saturated heterocycles. The van der Waals surface area contributed by atoms with Gasteiger partial charge in [0.25, 0.3) is 0 Å². The van der Waals surface area contributed by atoms with Gasteiger partial charge in [0.2, 0.25) is 0 Å². The zero-order valence-electron chi connectivity index (χ0n) is 13.7. The molecule has 0 radical (unpaired) electrons. The van der Waals surface area contributed by atoms with Gasteiger partial charge in [0.15, 0.2) is 0 Å². The van der Waals surface area contributed by atoms with Crippen LogP contribution >= 0.6 is 11.6 Å². The second-order valence-corrected chi connectivity index (χ2v) is 7.23. The van der Waals surface area contributed by atoms with Crippen molar-refractivity contribution in [1.82, 2.24) is 5.32 Å². The number of hydrogen-bond donors (Lipinski definition) is 1. The van der Waals surface area contributed by atoms with Crippen molar-refractivity contribution < 1.29 is 0 Å². The lowest BCUT2D eigenvalue weighted by atomic mass is 9.85. The maximum Gasteiger partial charge on any atom is 0.0406 e. The van der Waals surface area contributed by atoms with Gasteiger partial charge in [-0.05, 0) is 56.7 Å². The molecular formula is C18H30ClN. The molecule has 0 saturated carbocycles. The Labute approximate surface area is 130 Å². The van der Waals surface area contributed by atoms with Crippen LogP contribution in [0.4, 0.5) is 0 Å². The van der Waals surface area contributed by atoms with E-state index >= 15 is 0 Å². The van der Waals surface area contributed by atoms with E-state index in [0.717, 1.165) is 17.5 Å². The molecule has 1 unspecified atom stereocenters. The molecule has 20 heavy (non-hydrogen) atoms. The molecule has 1 aromatic rings. The van der Waals surface area contributed by atoms with Crippen LogP contribution < -0.4 is 5.32 Å². The van der Waals surface area contributed by atoms with Gasteiger partial charge in [-0.25, -0.2) is 0 Å². The van der Waals surface area contributed by atoms with Gasteiger partial charge in [-0.2, -0.15) is 0 Å². The normalized spacial score (nSPS) is 13.8. The van der Waals surface area contributed by atoms with Gasteiger partial charge in [-0.3, -0.25) is 0 Å². The van der Waals surface area contributed by atoms with Gasteiger partial charge in [-0.15, -0.1) is 0 Å². The summed E-state index contributed by atoms with van der Waals surface area (Å²) in [6.45, 7) is 12.3. The SMILES string of the molecule is CCC(CC)CC(CNC(C)(C)C)c1ccc(Cl)cc1. The van der Waals surface area contributed by atoms with Gasteiger partial charge in [0.1, 0.15) is 0 Å². The smallest absolute Gasteiger partial charge is 0.0406 e. The Morgan fingerprint density at radius 3 is 2.05 bits per heavy atom. The predicted molar refractivity (Wildman–Crippen MR) is 90.6 cm³/mol. The number of benzene rings is 1. The minimum Gasteiger partial charge on any atom is -0.311 e. The molecule has 0 amide bonds. The maximum absolute atomic E-state index is 6.01. The van der Waals surface area contributed by atoms with Crippen molar-refractivity contribution >= 4 is 11.6 Å². The van der Waals surface area contributed by atoms with E-state index in [1.54, 1.807) is 0 Å². The lowest BCUT2D eigenvalue weighted by molar-refractivity contribution is 0.356. The highest BCUT2D eigenvalue weighted by Crippen LogP contribution is 2.28. The molecule has 114 valence electrons. The monoisotopic (exact) mass is 295 g/mol. The lowest BCUT2D eigenvalue weighted by Crippen LogP contribution is -2.38. The first-order valence-corrected chi connectivity index (χ1v) is 8.24. The molecule has 0 aromatic heterocycles. The fraction of sp³-hybridized carbons (Fsp3) is 0.667. The lowest BCUT2D eigenvalue weighted by Gasteiger charge is -2.28. The fourth-order valence-electron chi connectivity index (χ4n) is 2.53. The van der Waals surface area contributed by atoms with Crippen molar-refractivity contribution in [2.45, 2.75) is 65.3 Å². The first-order chi connectivity index (χ1) is 9.35. The van der Waals surface area contributed by atoms with Crippen molar-refractivity contribution in [3.8, 4) is 0 Å². The van der Waals surface area contributed by atoms with Gasteiger partial charge in [0, 0.05) is 17.1 Å². The standard InChI is InChI=1S/C18H30ClN/c1-6-14(7-2)12-16(13-20-18(3,4)5)15-8-10-17(19)11-9-15/h8-11,14,16,20H,6-7,12-13H2,1-5H3. The highest BCUT2D eigenvalue weighted by molar-refractivity contribution is 6.30. The summed E-state index contributed by atoms with van der Waals surface area (Å²) in [5.74, 6) is 1.37. The van der Waals surface area contributed by atoms with Crippen molar-refractivity contribution in [3.05, 3.63) is 34.9 Å². The number of halogens is 1. The summed E-state index contributed by atoms with van der Waals surface area (Å²) in [4.78, 5) is 0. The molecule has 1 aromatic carbocycles. The molecule has 0 heterocycles. The minimum absolute atomic E-state index is 0.165. The third-order valence-corrected chi connectivity index (χ3v) is 4.24. The highest BCUT2D eigenvalue weighted by atomic mass is 35.5. The summed E-state index contributed by atoms with van der Waals surface area (Å²) in [6, 6.07) is 8.38. The van der Waals surface area contributed by atoms with Crippen LogP contribution in [0.3, 0.4) is 0 Å². The second-order valence-electron chi connectivity index (χ2n) is 6.80. The number of rotatable bonds is 7. The highest BCUT2D eigenvalue weighted by Gasteiger charge is 2.19. The van der Waals surface area contributed by atoms with Gasteiger partial charge in [0.05, 0.1) is 0 Å². The van der Waals surface area contributed by atoms with E-state index in [1.165, 1.54) is 24.8 Å². The molecule has 0 fully saturated rings. The molecule has 0 aliphatic carbocycles. The summed E-state index contributed by atoms with van der Waals surface area (Å²) >= 11 is 6.01. The Morgan fingerprint density at radius 2 is 1.60 bits per heavy atom. The Kier molecular flexibility index (Phi) is 7.05. The van der Waals surface area contributed by atoms with Crippen molar-refractivity contribution in [1.29, 1.82) is 0 Å².